The third kappa shape index (κ3) is 2.83. The average molecular weight is 314 g/mol. The van der Waals surface area contributed by atoms with Gasteiger partial charge in [0.2, 0.25) is 0 Å². The molecule has 1 aromatic heterocycles. The van der Waals surface area contributed by atoms with Crippen LogP contribution in [0.3, 0.4) is 0 Å². The van der Waals surface area contributed by atoms with E-state index in [1.165, 1.54) is 0 Å². The Kier molecular flexibility index (Phi) is 3.92. The quantitative estimate of drug-likeness (QED) is 0.852. The van der Waals surface area contributed by atoms with Crippen molar-refractivity contribution in [3.8, 4) is 0 Å². The molecule has 5 heteroatoms. The van der Waals surface area contributed by atoms with Crippen LogP contribution in [0.15, 0.2) is 10.7 Å². The molecule has 1 fully saturated rings. The van der Waals surface area contributed by atoms with Crippen LogP contribution in [0.2, 0.25) is 0 Å². The molecule has 1 N–H and O–H groups in total. The van der Waals surface area contributed by atoms with Gasteiger partial charge in [-0.15, -0.1) is 0 Å². The van der Waals surface area contributed by atoms with Crippen LogP contribution in [-0.2, 0) is 5.41 Å². The number of aromatic nitrogens is 2. The second-order valence-corrected chi connectivity index (χ2v) is 6.61. The van der Waals surface area contributed by atoms with Crippen molar-refractivity contribution in [3.63, 3.8) is 0 Å². The van der Waals surface area contributed by atoms with Gasteiger partial charge < -0.3 is 10.0 Å². The van der Waals surface area contributed by atoms with Gasteiger partial charge in [0.05, 0.1) is 12.6 Å². The Hall–Kier alpha value is -0.680. The number of aliphatic hydroxyl groups excluding tert-OH is 1. The Morgan fingerprint density at radius 2 is 2.17 bits per heavy atom. The lowest BCUT2D eigenvalue weighted by Crippen LogP contribution is -2.33. The van der Waals surface area contributed by atoms with Gasteiger partial charge in [0.1, 0.15) is 16.2 Å². The first-order chi connectivity index (χ1) is 8.41. The molecule has 1 aromatic rings. The first-order valence-electron chi connectivity index (χ1n) is 6.34. The fourth-order valence-corrected chi connectivity index (χ4v) is 2.59. The highest BCUT2D eigenvalue weighted by Gasteiger charge is 2.27. The maximum Gasteiger partial charge on any atom is 0.137 e. The van der Waals surface area contributed by atoms with Gasteiger partial charge in [0.15, 0.2) is 0 Å². The zero-order valence-corrected chi connectivity index (χ0v) is 12.7. The maximum absolute atomic E-state index is 9.40. The Balaban J connectivity index is 2.36. The van der Waals surface area contributed by atoms with Crippen molar-refractivity contribution < 1.29 is 5.11 Å². The van der Waals surface area contributed by atoms with Gasteiger partial charge in [-0.3, -0.25) is 0 Å². The molecule has 2 heterocycles. The van der Waals surface area contributed by atoms with E-state index in [-0.39, 0.29) is 18.1 Å². The van der Waals surface area contributed by atoms with Crippen LogP contribution >= 0.6 is 15.9 Å². The zero-order chi connectivity index (χ0) is 13.3. The van der Waals surface area contributed by atoms with Gasteiger partial charge in [-0.1, -0.05) is 20.8 Å². The number of rotatable bonds is 2. The van der Waals surface area contributed by atoms with Gasteiger partial charge >= 0.3 is 0 Å². The van der Waals surface area contributed by atoms with E-state index in [9.17, 15) is 5.11 Å². The number of aliphatic hydroxyl groups is 1. The van der Waals surface area contributed by atoms with Crippen molar-refractivity contribution in [3.05, 3.63) is 16.5 Å². The summed E-state index contributed by atoms with van der Waals surface area (Å²) in [7, 11) is 0. The minimum absolute atomic E-state index is 0.0764. The predicted octanol–water partition coefficient (Wildman–Crippen LogP) is 2.50. The van der Waals surface area contributed by atoms with Crippen LogP contribution in [0, 0.1) is 0 Å². The largest absolute Gasteiger partial charge is 0.394 e. The lowest BCUT2D eigenvalue weighted by atomic mass is 9.96. The van der Waals surface area contributed by atoms with Gasteiger partial charge in [-0.05, 0) is 28.8 Å². The minimum atomic E-state index is -0.0764. The summed E-state index contributed by atoms with van der Waals surface area (Å²) in [4.78, 5) is 11.3. The molecule has 0 radical (unpaired) electrons. The van der Waals surface area contributed by atoms with Crippen LogP contribution in [-0.4, -0.2) is 34.3 Å². The molecule has 1 aliphatic rings. The summed E-state index contributed by atoms with van der Waals surface area (Å²) in [5.41, 5.74) is -0.0764. The van der Waals surface area contributed by atoms with E-state index >= 15 is 0 Å². The molecule has 0 spiro atoms. The van der Waals surface area contributed by atoms with Crippen LogP contribution < -0.4 is 4.90 Å². The summed E-state index contributed by atoms with van der Waals surface area (Å²) in [6.45, 7) is 7.45. The van der Waals surface area contributed by atoms with Crippen LogP contribution in [0.25, 0.3) is 0 Å². The Morgan fingerprint density at radius 1 is 1.44 bits per heavy atom. The third-order valence-electron chi connectivity index (χ3n) is 3.23. The van der Waals surface area contributed by atoms with E-state index in [1.54, 1.807) is 0 Å². The topological polar surface area (TPSA) is 49.2 Å². The molecule has 0 aromatic carbocycles. The summed E-state index contributed by atoms with van der Waals surface area (Å²) in [6, 6.07) is 2.13. The van der Waals surface area contributed by atoms with Crippen LogP contribution in [0.4, 0.5) is 5.82 Å². The second-order valence-electron chi connectivity index (χ2n) is 5.79. The van der Waals surface area contributed by atoms with E-state index in [4.69, 9.17) is 0 Å². The maximum atomic E-state index is 9.40. The summed E-state index contributed by atoms with van der Waals surface area (Å²) < 4.78 is 0.806. The first kappa shape index (κ1) is 13.7. The lowest BCUT2D eigenvalue weighted by Gasteiger charge is -2.26. The first-order valence-corrected chi connectivity index (χ1v) is 7.13. The molecule has 0 aliphatic carbocycles. The van der Waals surface area contributed by atoms with Crippen molar-refractivity contribution >= 4 is 21.7 Å². The fourth-order valence-electron chi connectivity index (χ4n) is 2.22. The molecule has 1 unspecified atom stereocenters. The standard InChI is InChI=1S/C13H20BrN3O/c1-13(2,3)12-15-10(14)7-11(16-12)17-6-4-5-9(17)8-18/h7,9,18H,4-6,8H2,1-3H3. The molecular weight excluding hydrogens is 294 g/mol. The fraction of sp³-hybridized carbons (Fsp3) is 0.692. The summed E-state index contributed by atoms with van der Waals surface area (Å²) in [6.07, 6.45) is 2.14. The second kappa shape index (κ2) is 5.13. The molecule has 1 atom stereocenters. The van der Waals surface area contributed by atoms with E-state index in [2.05, 4.69) is 51.6 Å². The van der Waals surface area contributed by atoms with E-state index in [0.29, 0.717) is 0 Å². The summed E-state index contributed by atoms with van der Waals surface area (Å²) in [5.74, 6) is 1.74. The van der Waals surface area contributed by atoms with Crippen LogP contribution in [0.5, 0.6) is 0 Å². The zero-order valence-electron chi connectivity index (χ0n) is 11.1. The number of halogens is 1. The lowest BCUT2D eigenvalue weighted by molar-refractivity contribution is 0.266. The normalized spacial score (nSPS) is 20.5. The third-order valence-corrected chi connectivity index (χ3v) is 3.64. The van der Waals surface area contributed by atoms with Crippen molar-refractivity contribution in [2.24, 2.45) is 0 Å². The van der Waals surface area contributed by atoms with E-state index in [0.717, 1.165) is 35.6 Å². The number of hydrogen-bond acceptors (Lipinski definition) is 4. The Bertz CT molecular complexity index is 431. The molecule has 2 rings (SSSR count). The number of hydrogen-bond donors (Lipinski definition) is 1. The smallest absolute Gasteiger partial charge is 0.137 e. The molecule has 1 saturated heterocycles. The van der Waals surface area contributed by atoms with E-state index < -0.39 is 0 Å². The Labute approximate surface area is 117 Å². The summed E-state index contributed by atoms with van der Waals surface area (Å²) >= 11 is 3.45. The highest BCUT2D eigenvalue weighted by Crippen LogP contribution is 2.28. The number of nitrogens with zero attached hydrogens (tertiary/aromatic N) is 3. The highest BCUT2D eigenvalue weighted by atomic mass is 79.9. The molecule has 0 amide bonds. The monoisotopic (exact) mass is 313 g/mol. The highest BCUT2D eigenvalue weighted by molar-refractivity contribution is 9.10. The van der Waals surface area contributed by atoms with Crippen molar-refractivity contribution in [1.82, 2.24) is 9.97 Å². The molecule has 18 heavy (non-hydrogen) atoms. The SMILES string of the molecule is CC(C)(C)c1nc(Br)cc(N2CCCC2CO)n1. The molecule has 100 valence electrons. The molecule has 1 aliphatic heterocycles. The van der Waals surface area contributed by atoms with Crippen molar-refractivity contribution in [2.75, 3.05) is 18.1 Å². The molecule has 4 nitrogen and oxygen atoms in total. The van der Waals surface area contributed by atoms with Gasteiger partial charge in [-0.25, -0.2) is 9.97 Å². The number of anilines is 1. The average Bonchev–Trinajstić information content (AvgIpc) is 2.74. The van der Waals surface area contributed by atoms with Gasteiger partial charge in [0, 0.05) is 18.0 Å². The van der Waals surface area contributed by atoms with Gasteiger partial charge in [0.25, 0.3) is 0 Å². The van der Waals surface area contributed by atoms with Crippen molar-refractivity contribution in [2.45, 2.75) is 45.1 Å². The van der Waals surface area contributed by atoms with Crippen LogP contribution in [0.1, 0.15) is 39.4 Å². The molecular formula is C13H20BrN3O. The van der Waals surface area contributed by atoms with E-state index in [1.807, 2.05) is 6.07 Å². The minimum Gasteiger partial charge on any atom is -0.394 e. The van der Waals surface area contributed by atoms with Gasteiger partial charge in [-0.2, -0.15) is 0 Å². The predicted molar refractivity (Wildman–Crippen MR) is 75.9 cm³/mol. The Morgan fingerprint density at radius 3 is 2.78 bits per heavy atom. The molecule has 0 bridgehead atoms. The van der Waals surface area contributed by atoms with Crippen molar-refractivity contribution in [1.29, 1.82) is 0 Å². The summed E-state index contributed by atoms with van der Waals surface area (Å²) in [5, 5.41) is 9.40. The molecule has 0 saturated carbocycles.